The van der Waals surface area contributed by atoms with Gasteiger partial charge in [-0.2, -0.15) is 0 Å². The highest BCUT2D eigenvalue weighted by Crippen LogP contribution is 2.35. The number of rotatable bonds is 1. The van der Waals surface area contributed by atoms with Crippen molar-refractivity contribution in [3.8, 4) is 11.1 Å². The molecule has 0 aliphatic heterocycles. The van der Waals surface area contributed by atoms with Crippen LogP contribution in [0.2, 0.25) is 0 Å². The number of benzene rings is 4. The Hall–Kier alpha value is -2.80. The normalized spacial score (nSPS) is 11.0. The number of anilines is 1. The Bertz CT molecular complexity index is 949. The average Bonchev–Trinajstić information content (AvgIpc) is 2.54. The van der Waals surface area contributed by atoms with E-state index < -0.39 is 0 Å². The van der Waals surface area contributed by atoms with E-state index in [2.05, 4.69) is 66.7 Å². The Morgan fingerprint density at radius 2 is 1.05 bits per heavy atom. The van der Waals surface area contributed by atoms with Crippen LogP contribution < -0.4 is 5.73 Å². The topological polar surface area (TPSA) is 26.0 Å². The second-order valence-electron chi connectivity index (χ2n) is 5.27. The van der Waals surface area contributed by atoms with E-state index in [1.54, 1.807) is 0 Å². The molecule has 4 rings (SSSR count). The molecule has 4 aromatic rings. The summed E-state index contributed by atoms with van der Waals surface area (Å²) in [7, 11) is 0. The van der Waals surface area contributed by atoms with Crippen LogP contribution in [0, 0.1) is 0 Å². The zero-order chi connectivity index (χ0) is 14.2. The summed E-state index contributed by atoms with van der Waals surface area (Å²) in [6.45, 7) is 0. The van der Waals surface area contributed by atoms with E-state index in [9.17, 15) is 0 Å². The van der Waals surface area contributed by atoms with Gasteiger partial charge in [-0.3, -0.25) is 0 Å². The van der Waals surface area contributed by atoms with Gasteiger partial charge in [0.25, 0.3) is 0 Å². The molecule has 1 heteroatoms. The molecule has 0 spiro atoms. The van der Waals surface area contributed by atoms with Crippen LogP contribution in [0.25, 0.3) is 32.7 Å². The van der Waals surface area contributed by atoms with Crippen molar-refractivity contribution in [1.82, 2.24) is 0 Å². The third-order valence-electron chi connectivity index (χ3n) is 4.04. The Kier molecular flexibility index (Phi) is 2.65. The number of fused-ring (bicyclic) bond motifs is 2. The molecule has 0 unspecified atom stereocenters. The van der Waals surface area contributed by atoms with Crippen LogP contribution in [0.15, 0.2) is 78.9 Å². The van der Waals surface area contributed by atoms with Crippen molar-refractivity contribution in [2.45, 2.75) is 0 Å². The van der Waals surface area contributed by atoms with Crippen LogP contribution >= 0.6 is 0 Å². The number of nitrogen functional groups attached to an aromatic ring is 1. The molecular weight excluding hydrogens is 254 g/mol. The molecule has 100 valence electrons. The second kappa shape index (κ2) is 4.64. The molecule has 21 heavy (non-hydrogen) atoms. The molecule has 0 atom stereocenters. The van der Waals surface area contributed by atoms with Crippen LogP contribution in [0.3, 0.4) is 0 Å². The molecule has 0 aromatic heterocycles. The summed E-state index contributed by atoms with van der Waals surface area (Å²) in [4.78, 5) is 0. The van der Waals surface area contributed by atoms with Gasteiger partial charge in [0.2, 0.25) is 0 Å². The molecule has 1 nitrogen and oxygen atoms in total. The lowest BCUT2D eigenvalue weighted by Gasteiger charge is -2.11. The van der Waals surface area contributed by atoms with Gasteiger partial charge in [0.1, 0.15) is 0 Å². The highest BCUT2D eigenvalue weighted by atomic mass is 14.5. The maximum absolute atomic E-state index is 6.12. The zero-order valence-electron chi connectivity index (χ0n) is 11.6. The van der Waals surface area contributed by atoms with E-state index in [-0.39, 0.29) is 0 Å². The molecule has 0 saturated carbocycles. The van der Waals surface area contributed by atoms with Gasteiger partial charge in [0, 0.05) is 11.1 Å². The van der Waals surface area contributed by atoms with Crippen molar-refractivity contribution in [2.75, 3.05) is 5.73 Å². The first kappa shape index (κ1) is 12.0. The van der Waals surface area contributed by atoms with Gasteiger partial charge in [0.05, 0.1) is 0 Å². The molecule has 0 radical (unpaired) electrons. The molecule has 0 heterocycles. The first-order valence-corrected chi connectivity index (χ1v) is 7.10. The molecule has 0 saturated heterocycles. The maximum Gasteiger partial charge on any atom is 0.0393 e. The van der Waals surface area contributed by atoms with Gasteiger partial charge in [0.15, 0.2) is 0 Å². The Morgan fingerprint density at radius 1 is 0.476 bits per heavy atom. The summed E-state index contributed by atoms with van der Waals surface area (Å²) >= 11 is 0. The Morgan fingerprint density at radius 3 is 1.95 bits per heavy atom. The molecular formula is C20H15N. The minimum absolute atomic E-state index is 0.828. The molecule has 0 aliphatic rings. The SMILES string of the molecule is Nc1cccc2c(-c3cccc4ccccc34)cccc12. The molecule has 0 amide bonds. The van der Waals surface area contributed by atoms with Gasteiger partial charge in [-0.25, -0.2) is 0 Å². The van der Waals surface area contributed by atoms with Crippen molar-refractivity contribution >= 4 is 27.2 Å². The highest BCUT2D eigenvalue weighted by Gasteiger charge is 2.08. The van der Waals surface area contributed by atoms with E-state index in [0.717, 1.165) is 11.1 Å². The molecule has 2 N–H and O–H groups in total. The van der Waals surface area contributed by atoms with Crippen LogP contribution in [-0.4, -0.2) is 0 Å². The molecule has 0 bridgehead atoms. The fourth-order valence-electron chi connectivity index (χ4n) is 3.03. The third-order valence-corrected chi connectivity index (χ3v) is 4.04. The van der Waals surface area contributed by atoms with Gasteiger partial charge in [-0.15, -0.1) is 0 Å². The fraction of sp³-hybridized carbons (Fsp3) is 0. The van der Waals surface area contributed by atoms with Crippen molar-refractivity contribution < 1.29 is 0 Å². The van der Waals surface area contributed by atoms with Crippen LogP contribution in [0.4, 0.5) is 5.69 Å². The Labute approximate surface area is 123 Å². The largest absolute Gasteiger partial charge is 0.398 e. The number of nitrogens with two attached hydrogens (primary N) is 1. The minimum atomic E-state index is 0.828. The predicted octanol–water partition coefficient (Wildman–Crippen LogP) is 5.24. The molecule has 4 aromatic carbocycles. The van der Waals surface area contributed by atoms with Crippen molar-refractivity contribution in [3.63, 3.8) is 0 Å². The quantitative estimate of drug-likeness (QED) is 0.470. The van der Waals surface area contributed by atoms with Crippen LogP contribution in [0.5, 0.6) is 0 Å². The third kappa shape index (κ3) is 1.86. The summed E-state index contributed by atoms with van der Waals surface area (Å²) in [5, 5.41) is 4.85. The predicted molar refractivity (Wildman–Crippen MR) is 91.3 cm³/mol. The van der Waals surface area contributed by atoms with Crippen LogP contribution in [-0.2, 0) is 0 Å². The standard InChI is InChI=1S/C20H15N/c21-20-13-5-11-18-17(10-4-12-19(18)20)16-9-3-7-14-6-1-2-8-15(14)16/h1-13H,21H2. The highest BCUT2D eigenvalue weighted by molar-refractivity contribution is 6.07. The van der Waals surface area contributed by atoms with Gasteiger partial charge in [-0.05, 0) is 33.4 Å². The first-order chi connectivity index (χ1) is 10.3. The lowest BCUT2D eigenvalue weighted by molar-refractivity contribution is 1.68. The monoisotopic (exact) mass is 269 g/mol. The molecule has 0 aliphatic carbocycles. The van der Waals surface area contributed by atoms with E-state index in [4.69, 9.17) is 5.73 Å². The van der Waals surface area contributed by atoms with E-state index in [1.807, 2.05) is 12.1 Å². The van der Waals surface area contributed by atoms with Crippen molar-refractivity contribution in [1.29, 1.82) is 0 Å². The van der Waals surface area contributed by atoms with Crippen molar-refractivity contribution in [2.24, 2.45) is 0 Å². The summed E-state index contributed by atoms with van der Waals surface area (Å²) in [6.07, 6.45) is 0. The summed E-state index contributed by atoms with van der Waals surface area (Å²) < 4.78 is 0. The average molecular weight is 269 g/mol. The zero-order valence-corrected chi connectivity index (χ0v) is 11.6. The Balaban J connectivity index is 2.12. The smallest absolute Gasteiger partial charge is 0.0393 e. The lowest BCUT2D eigenvalue weighted by atomic mass is 9.93. The minimum Gasteiger partial charge on any atom is -0.398 e. The van der Waals surface area contributed by atoms with Gasteiger partial charge < -0.3 is 5.73 Å². The van der Waals surface area contributed by atoms with Gasteiger partial charge >= 0.3 is 0 Å². The van der Waals surface area contributed by atoms with E-state index in [1.165, 1.54) is 27.3 Å². The second-order valence-corrected chi connectivity index (χ2v) is 5.27. The maximum atomic E-state index is 6.12. The summed E-state index contributed by atoms with van der Waals surface area (Å²) in [5.74, 6) is 0. The number of hydrogen-bond acceptors (Lipinski definition) is 1. The summed E-state index contributed by atoms with van der Waals surface area (Å²) in [6, 6.07) is 27.4. The number of hydrogen-bond donors (Lipinski definition) is 1. The fourth-order valence-corrected chi connectivity index (χ4v) is 3.03. The van der Waals surface area contributed by atoms with E-state index >= 15 is 0 Å². The summed E-state index contributed by atoms with van der Waals surface area (Å²) in [5.41, 5.74) is 9.43. The van der Waals surface area contributed by atoms with E-state index in [0.29, 0.717) is 0 Å². The first-order valence-electron chi connectivity index (χ1n) is 7.10. The molecule has 0 fully saturated rings. The lowest BCUT2D eigenvalue weighted by Crippen LogP contribution is -1.88. The van der Waals surface area contributed by atoms with Crippen molar-refractivity contribution in [3.05, 3.63) is 78.9 Å². The van der Waals surface area contributed by atoms with Crippen LogP contribution in [0.1, 0.15) is 0 Å². The van der Waals surface area contributed by atoms with Gasteiger partial charge in [-0.1, -0.05) is 72.8 Å².